The first-order valence-corrected chi connectivity index (χ1v) is 7.00. The predicted octanol–water partition coefficient (Wildman–Crippen LogP) is 3.13. The van der Waals surface area contributed by atoms with Gasteiger partial charge in [0.2, 0.25) is 5.89 Å². The lowest BCUT2D eigenvalue weighted by molar-refractivity contribution is 0.374. The Bertz CT molecular complexity index is 677. The zero-order valence-corrected chi connectivity index (χ0v) is 11.8. The van der Waals surface area contributed by atoms with Crippen LogP contribution in [0.2, 0.25) is 0 Å². The third-order valence-electron chi connectivity index (χ3n) is 2.56. The first-order valence-electron chi connectivity index (χ1n) is 6.12. The highest BCUT2D eigenvalue weighted by atomic mass is 32.2. The van der Waals surface area contributed by atoms with Crippen molar-refractivity contribution in [2.75, 3.05) is 0 Å². The van der Waals surface area contributed by atoms with Crippen molar-refractivity contribution in [2.24, 2.45) is 0 Å². The van der Waals surface area contributed by atoms with Gasteiger partial charge in [-0.15, -0.1) is 10.2 Å². The van der Waals surface area contributed by atoms with E-state index >= 15 is 0 Å². The molecule has 0 aromatic carbocycles. The van der Waals surface area contributed by atoms with Crippen molar-refractivity contribution < 1.29 is 13.4 Å². The van der Waals surface area contributed by atoms with Crippen LogP contribution >= 0.6 is 11.8 Å². The first-order chi connectivity index (χ1) is 9.76. The molecule has 0 radical (unpaired) electrons. The molecule has 0 unspecified atom stereocenters. The molecule has 1 atom stereocenters. The summed E-state index contributed by atoms with van der Waals surface area (Å²) < 4.78 is 15.9. The molecule has 0 saturated carbocycles. The average Bonchev–Trinajstić information content (AvgIpc) is 3.19. The molecule has 3 heterocycles. The van der Waals surface area contributed by atoms with Crippen LogP contribution in [0.4, 0.5) is 0 Å². The maximum absolute atomic E-state index is 5.51. The highest BCUT2D eigenvalue weighted by molar-refractivity contribution is 7.99. The summed E-state index contributed by atoms with van der Waals surface area (Å²) in [6.45, 7) is 3.91. The topological polar surface area (TPSA) is 91.0 Å². The highest BCUT2D eigenvalue weighted by Crippen LogP contribution is 2.34. The van der Waals surface area contributed by atoms with Gasteiger partial charge in [0.1, 0.15) is 0 Å². The molecule has 8 heteroatoms. The van der Waals surface area contributed by atoms with Crippen LogP contribution < -0.4 is 0 Å². The summed E-state index contributed by atoms with van der Waals surface area (Å²) in [5.74, 6) is 2.13. The lowest BCUT2D eigenvalue weighted by Crippen LogP contribution is -1.90. The molecule has 0 spiro atoms. The normalized spacial score (nSPS) is 12.7. The molecule has 0 N–H and O–H groups in total. The summed E-state index contributed by atoms with van der Waals surface area (Å²) in [5, 5.41) is 12.1. The highest BCUT2D eigenvalue weighted by Gasteiger charge is 2.19. The van der Waals surface area contributed by atoms with Crippen molar-refractivity contribution in [1.82, 2.24) is 20.3 Å². The van der Waals surface area contributed by atoms with Crippen molar-refractivity contribution in [3.8, 4) is 11.7 Å². The number of aromatic nitrogens is 4. The van der Waals surface area contributed by atoms with Gasteiger partial charge in [0.25, 0.3) is 11.1 Å². The molecule has 20 heavy (non-hydrogen) atoms. The van der Waals surface area contributed by atoms with Gasteiger partial charge in [-0.05, 0) is 19.1 Å². The van der Waals surface area contributed by atoms with E-state index < -0.39 is 0 Å². The number of aryl methyl sites for hydroxylation is 1. The van der Waals surface area contributed by atoms with Crippen LogP contribution in [-0.4, -0.2) is 20.3 Å². The maximum Gasteiger partial charge on any atom is 0.284 e. The molecule has 104 valence electrons. The van der Waals surface area contributed by atoms with E-state index in [2.05, 4.69) is 20.3 Å². The standard InChI is InChI=1S/C12H12N4O3S/c1-3-9-13-10(19-16-9)7(2)20-12-15-14-11(18-12)8-5-4-6-17-8/h4-7H,3H2,1-2H3/t7-/m1/s1. The van der Waals surface area contributed by atoms with E-state index in [9.17, 15) is 0 Å². The van der Waals surface area contributed by atoms with Crippen molar-refractivity contribution >= 4 is 11.8 Å². The van der Waals surface area contributed by atoms with E-state index in [1.165, 1.54) is 11.8 Å². The SMILES string of the molecule is CCc1noc([C@@H](C)Sc2nnc(-c3ccco3)o2)n1. The summed E-state index contributed by atoms with van der Waals surface area (Å²) in [6.07, 6.45) is 2.30. The lowest BCUT2D eigenvalue weighted by atomic mass is 10.4. The van der Waals surface area contributed by atoms with Gasteiger partial charge in [0, 0.05) is 6.42 Å². The van der Waals surface area contributed by atoms with E-state index in [1.54, 1.807) is 18.4 Å². The van der Waals surface area contributed by atoms with Crippen LogP contribution in [0.1, 0.15) is 30.8 Å². The molecule has 0 amide bonds. The van der Waals surface area contributed by atoms with Gasteiger partial charge in [0.15, 0.2) is 11.6 Å². The van der Waals surface area contributed by atoms with Crippen molar-refractivity contribution in [2.45, 2.75) is 30.7 Å². The number of hydrogen-bond acceptors (Lipinski definition) is 8. The van der Waals surface area contributed by atoms with Gasteiger partial charge < -0.3 is 13.4 Å². The molecule has 0 aliphatic carbocycles. The summed E-state index contributed by atoms with van der Waals surface area (Å²) >= 11 is 1.36. The Kier molecular flexibility index (Phi) is 3.55. The van der Waals surface area contributed by atoms with Crippen LogP contribution in [0.15, 0.2) is 37.0 Å². The van der Waals surface area contributed by atoms with Crippen molar-refractivity contribution in [1.29, 1.82) is 0 Å². The van der Waals surface area contributed by atoms with E-state index in [0.717, 1.165) is 6.42 Å². The second kappa shape index (κ2) is 5.49. The van der Waals surface area contributed by atoms with E-state index in [1.807, 2.05) is 13.8 Å². The molecule has 0 aliphatic rings. The second-order valence-electron chi connectivity index (χ2n) is 4.01. The van der Waals surface area contributed by atoms with Gasteiger partial charge in [-0.25, -0.2) is 0 Å². The quantitative estimate of drug-likeness (QED) is 0.662. The Labute approximate surface area is 118 Å². The Morgan fingerprint density at radius 1 is 1.35 bits per heavy atom. The number of furan rings is 1. The molecule has 0 aliphatic heterocycles. The minimum atomic E-state index is -0.0623. The third-order valence-corrected chi connectivity index (χ3v) is 3.49. The second-order valence-corrected chi connectivity index (χ2v) is 5.30. The minimum Gasteiger partial charge on any atom is -0.459 e. The monoisotopic (exact) mass is 292 g/mol. The molecular weight excluding hydrogens is 280 g/mol. The summed E-state index contributed by atoms with van der Waals surface area (Å²) in [6, 6.07) is 3.52. The number of hydrogen-bond donors (Lipinski definition) is 0. The van der Waals surface area contributed by atoms with Gasteiger partial charge in [0.05, 0.1) is 11.5 Å². The molecule has 7 nitrogen and oxygen atoms in total. The largest absolute Gasteiger partial charge is 0.459 e. The Hall–Kier alpha value is -2.09. The zero-order chi connectivity index (χ0) is 13.9. The summed E-state index contributed by atoms with van der Waals surface area (Å²) in [4.78, 5) is 4.27. The van der Waals surface area contributed by atoms with Crippen LogP contribution in [-0.2, 0) is 6.42 Å². The molecule has 0 saturated heterocycles. The minimum absolute atomic E-state index is 0.0623. The first kappa shape index (κ1) is 12.9. The Morgan fingerprint density at radius 3 is 2.95 bits per heavy atom. The lowest BCUT2D eigenvalue weighted by Gasteiger charge is -2.00. The molecule has 0 bridgehead atoms. The summed E-state index contributed by atoms with van der Waals surface area (Å²) in [5.41, 5.74) is 0. The fourth-order valence-corrected chi connectivity index (χ4v) is 2.25. The number of rotatable bonds is 5. The molecule has 3 rings (SSSR count). The molecule has 0 fully saturated rings. The fourth-order valence-electron chi connectivity index (χ4n) is 1.54. The van der Waals surface area contributed by atoms with E-state index in [0.29, 0.717) is 28.6 Å². The van der Waals surface area contributed by atoms with Crippen LogP contribution in [0, 0.1) is 0 Å². The van der Waals surface area contributed by atoms with Crippen molar-refractivity contribution in [3.63, 3.8) is 0 Å². The number of thioether (sulfide) groups is 1. The Balaban J connectivity index is 1.71. The van der Waals surface area contributed by atoms with Gasteiger partial charge >= 0.3 is 0 Å². The maximum atomic E-state index is 5.51. The van der Waals surface area contributed by atoms with Gasteiger partial charge in [-0.1, -0.05) is 23.8 Å². The molecule has 3 aromatic heterocycles. The predicted molar refractivity (Wildman–Crippen MR) is 69.9 cm³/mol. The van der Waals surface area contributed by atoms with Gasteiger partial charge in [-0.2, -0.15) is 4.98 Å². The van der Waals surface area contributed by atoms with Crippen LogP contribution in [0.3, 0.4) is 0 Å². The van der Waals surface area contributed by atoms with E-state index in [-0.39, 0.29) is 5.25 Å². The molecular formula is C12H12N4O3S. The van der Waals surface area contributed by atoms with Crippen LogP contribution in [0.5, 0.6) is 0 Å². The number of nitrogens with zero attached hydrogens (tertiary/aromatic N) is 4. The van der Waals surface area contributed by atoms with Gasteiger partial charge in [-0.3, -0.25) is 0 Å². The van der Waals surface area contributed by atoms with E-state index in [4.69, 9.17) is 13.4 Å². The van der Waals surface area contributed by atoms with Crippen LogP contribution in [0.25, 0.3) is 11.7 Å². The molecule has 3 aromatic rings. The van der Waals surface area contributed by atoms with Crippen molar-refractivity contribution in [3.05, 3.63) is 30.1 Å². The fraction of sp³-hybridized carbons (Fsp3) is 0.333. The zero-order valence-electron chi connectivity index (χ0n) is 10.9. The Morgan fingerprint density at radius 2 is 2.25 bits per heavy atom. The smallest absolute Gasteiger partial charge is 0.284 e. The average molecular weight is 292 g/mol. The third kappa shape index (κ3) is 2.60. The summed E-state index contributed by atoms with van der Waals surface area (Å²) in [7, 11) is 0.